The van der Waals surface area contributed by atoms with Crippen LogP contribution in [0.15, 0.2) is 0 Å². The van der Waals surface area contributed by atoms with Gasteiger partial charge in [0.25, 0.3) is 0 Å². The molecule has 0 amide bonds. The SMILES string of the molecule is CC1CN[C@H](C)CO1. The van der Waals surface area contributed by atoms with Crippen LogP contribution in [0.4, 0.5) is 0 Å². The van der Waals surface area contributed by atoms with Crippen molar-refractivity contribution in [1.82, 2.24) is 5.32 Å². The van der Waals surface area contributed by atoms with Gasteiger partial charge in [0, 0.05) is 12.6 Å². The van der Waals surface area contributed by atoms with Gasteiger partial charge in [-0.1, -0.05) is 0 Å². The lowest BCUT2D eigenvalue weighted by molar-refractivity contribution is 0.0196. The van der Waals surface area contributed by atoms with Crippen LogP contribution in [-0.4, -0.2) is 25.3 Å². The Hall–Kier alpha value is -0.0800. The molecule has 2 nitrogen and oxygen atoms in total. The molecule has 0 aromatic heterocycles. The predicted molar refractivity (Wildman–Crippen MR) is 32.9 cm³/mol. The predicted octanol–water partition coefficient (Wildman–Crippen LogP) is 0.383. The number of hydrogen-bond donors (Lipinski definition) is 1. The zero-order valence-corrected chi connectivity index (χ0v) is 5.48. The molecule has 1 heterocycles. The van der Waals surface area contributed by atoms with E-state index in [-0.39, 0.29) is 0 Å². The molecule has 8 heavy (non-hydrogen) atoms. The van der Waals surface area contributed by atoms with Gasteiger partial charge >= 0.3 is 0 Å². The summed E-state index contributed by atoms with van der Waals surface area (Å²) >= 11 is 0. The zero-order chi connectivity index (χ0) is 5.98. The van der Waals surface area contributed by atoms with E-state index in [2.05, 4.69) is 19.2 Å². The molecule has 1 unspecified atom stereocenters. The molecule has 0 radical (unpaired) electrons. The van der Waals surface area contributed by atoms with E-state index in [9.17, 15) is 0 Å². The van der Waals surface area contributed by atoms with E-state index in [1.165, 1.54) is 0 Å². The molecule has 0 saturated carbocycles. The van der Waals surface area contributed by atoms with E-state index in [0.717, 1.165) is 13.2 Å². The van der Waals surface area contributed by atoms with Gasteiger partial charge in [0.15, 0.2) is 0 Å². The third kappa shape index (κ3) is 1.46. The van der Waals surface area contributed by atoms with Crippen LogP contribution >= 0.6 is 0 Å². The van der Waals surface area contributed by atoms with Crippen molar-refractivity contribution in [2.45, 2.75) is 26.0 Å². The Labute approximate surface area is 50.2 Å². The smallest absolute Gasteiger partial charge is 0.0672 e. The van der Waals surface area contributed by atoms with Gasteiger partial charge in [0.05, 0.1) is 12.7 Å². The number of nitrogens with one attached hydrogen (secondary N) is 1. The van der Waals surface area contributed by atoms with Gasteiger partial charge in [0.2, 0.25) is 0 Å². The van der Waals surface area contributed by atoms with Crippen LogP contribution in [0.25, 0.3) is 0 Å². The van der Waals surface area contributed by atoms with Gasteiger partial charge in [-0.25, -0.2) is 0 Å². The van der Waals surface area contributed by atoms with E-state index in [1.54, 1.807) is 0 Å². The summed E-state index contributed by atoms with van der Waals surface area (Å²) in [7, 11) is 0. The third-order valence-electron chi connectivity index (χ3n) is 1.38. The molecule has 1 saturated heterocycles. The van der Waals surface area contributed by atoms with Crippen molar-refractivity contribution in [3.05, 3.63) is 0 Å². The van der Waals surface area contributed by atoms with Crippen molar-refractivity contribution < 1.29 is 4.74 Å². The molecule has 1 rings (SSSR count). The molecule has 1 N–H and O–H groups in total. The molecule has 2 heteroatoms. The average molecular weight is 115 g/mol. The molecule has 1 aliphatic heterocycles. The largest absolute Gasteiger partial charge is 0.376 e. The van der Waals surface area contributed by atoms with Crippen molar-refractivity contribution in [1.29, 1.82) is 0 Å². The highest BCUT2D eigenvalue weighted by molar-refractivity contribution is 4.68. The summed E-state index contributed by atoms with van der Waals surface area (Å²) in [5, 5.41) is 3.31. The van der Waals surface area contributed by atoms with Crippen molar-refractivity contribution in [2.75, 3.05) is 13.2 Å². The Bertz CT molecular complexity index is 56.9. The molecular weight excluding hydrogens is 102 g/mol. The molecule has 1 aliphatic rings. The minimum absolute atomic E-state index is 0.409. The van der Waals surface area contributed by atoms with Crippen LogP contribution in [0.3, 0.4) is 0 Å². The van der Waals surface area contributed by atoms with Crippen LogP contribution in [0.5, 0.6) is 0 Å². The van der Waals surface area contributed by atoms with E-state index in [1.807, 2.05) is 0 Å². The standard InChI is InChI=1S/C6H13NO/c1-5-4-8-6(2)3-7-5/h5-7H,3-4H2,1-2H3/t5-,6?/m1/s1. The second kappa shape index (κ2) is 2.46. The Morgan fingerprint density at radius 2 is 2.25 bits per heavy atom. The number of ether oxygens (including phenoxy) is 1. The van der Waals surface area contributed by atoms with E-state index < -0.39 is 0 Å². The van der Waals surface area contributed by atoms with Gasteiger partial charge in [-0.3, -0.25) is 0 Å². The lowest BCUT2D eigenvalue weighted by Gasteiger charge is -2.25. The highest BCUT2D eigenvalue weighted by atomic mass is 16.5. The van der Waals surface area contributed by atoms with Crippen LogP contribution in [0.1, 0.15) is 13.8 Å². The van der Waals surface area contributed by atoms with Crippen molar-refractivity contribution in [2.24, 2.45) is 0 Å². The van der Waals surface area contributed by atoms with Gasteiger partial charge in [-0.05, 0) is 13.8 Å². The highest BCUT2D eigenvalue weighted by Crippen LogP contribution is 1.97. The fraction of sp³-hybridized carbons (Fsp3) is 1.00. The first-order valence-corrected chi connectivity index (χ1v) is 3.14. The first kappa shape index (κ1) is 6.05. The maximum atomic E-state index is 5.33. The lowest BCUT2D eigenvalue weighted by atomic mass is 10.3. The Morgan fingerprint density at radius 1 is 1.50 bits per heavy atom. The molecule has 1 fully saturated rings. The molecule has 0 aromatic rings. The Morgan fingerprint density at radius 3 is 2.62 bits per heavy atom. The second-order valence-electron chi connectivity index (χ2n) is 2.45. The minimum atomic E-state index is 0.409. The maximum absolute atomic E-state index is 5.33. The average Bonchev–Trinajstić information content (AvgIpc) is 1.77. The number of hydrogen-bond acceptors (Lipinski definition) is 2. The molecular formula is C6H13NO. The van der Waals surface area contributed by atoms with Crippen LogP contribution in [0.2, 0.25) is 0 Å². The van der Waals surface area contributed by atoms with Crippen molar-refractivity contribution >= 4 is 0 Å². The Balaban J connectivity index is 2.19. The fourth-order valence-electron chi connectivity index (χ4n) is 0.794. The molecule has 2 atom stereocenters. The maximum Gasteiger partial charge on any atom is 0.0672 e. The zero-order valence-electron chi connectivity index (χ0n) is 5.48. The summed E-state index contributed by atoms with van der Waals surface area (Å²) in [5.41, 5.74) is 0. The highest BCUT2D eigenvalue weighted by Gasteiger charge is 2.12. The fourth-order valence-corrected chi connectivity index (χ4v) is 0.794. The molecule has 48 valence electrons. The summed E-state index contributed by atoms with van der Waals surface area (Å²) < 4.78 is 5.33. The summed E-state index contributed by atoms with van der Waals surface area (Å²) in [5.74, 6) is 0. The second-order valence-corrected chi connectivity index (χ2v) is 2.45. The number of rotatable bonds is 0. The minimum Gasteiger partial charge on any atom is -0.376 e. The van der Waals surface area contributed by atoms with E-state index >= 15 is 0 Å². The third-order valence-corrected chi connectivity index (χ3v) is 1.38. The van der Waals surface area contributed by atoms with E-state index in [0.29, 0.717) is 12.1 Å². The molecule has 0 bridgehead atoms. The first-order chi connectivity index (χ1) is 3.79. The normalized spacial score (nSPS) is 39.8. The monoisotopic (exact) mass is 115 g/mol. The van der Waals surface area contributed by atoms with Crippen LogP contribution in [0, 0.1) is 0 Å². The van der Waals surface area contributed by atoms with Crippen LogP contribution in [-0.2, 0) is 4.74 Å². The summed E-state index contributed by atoms with van der Waals surface area (Å²) in [6.45, 7) is 6.08. The molecule has 0 aromatic carbocycles. The molecule has 0 spiro atoms. The van der Waals surface area contributed by atoms with Gasteiger partial charge in [-0.2, -0.15) is 0 Å². The van der Waals surface area contributed by atoms with Gasteiger partial charge in [-0.15, -0.1) is 0 Å². The summed E-state index contributed by atoms with van der Waals surface area (Å²) in [4.78, 5) is 0. The Kier molecular flexibility index (Phi) is 1.86. The van der Waals surface area contributed by atoms with Crippen molar-refractivity contribution in [3.63, 3.8) is 0 Å². The van der Waals surface area contributed by atoms with Gasteiger partial charge in [0.1, 0.15) is 0 Å². The van der Waals surface area contributed by atoms with Gasteiger partial charge < -0.3 is 10.1 Å². The topological polar surface area (TPSA) is 21.3 Å². The van der Waals surface area contributed by atoms with Crippen molar-refractivity contribution in [3.8, 4) is 0 Å². The van der Waals surface area contributed by atoms with E-state index in [4.69, 9.17) is 4.74 Å². The molecule has 0 aliphatic carbocycles. The summed E-state index contributed by atoms with van der Waals surface area (Å²) in [6.07, 6.45) is 0.409. The first-order valence-electron chi connectivity index (χ1n) is 3.14. The van der Waals surface area contributed by atoms with Crippen LogP contribution < -0.4 is 5.32 Å². The quantitative estimate of drug-likeness (QED) is 0.493. The number of morpholine rings is 1. The lowest BCUT2D eigenvalue weighted by Crippen LogP contribution is -2.43. The summed E-state index contributed by atoms with van der Waals surface area (Å²) in [6, 6.07) is 0.547.